The smallest absolute Gasteiger partial charge is 0.240 e. The minimum atomic E-state index is -3.65. The highest BCUT2D eigenvalue weighted by atomic mass is 32.2. The Morgan fingerprint density at radius 3 is 2.74 bits per heavy atom. The summed E-state index contributed by atoms with van der Waals surface area (Å²) in [4.78, 5) is 5.71. The van der Waals surface area contributed by atoms with Crippen molar-refractivity contribution in [2.75, 3.05) is 19.6 Å². The molecule has 0 amide bonds. The maximum absolute atomic E-state index is 13.1. The van der Waals surface area contributed by atoms with Gasteiger partial charge in [0, 0.05) is 30.2 Å². The molecule has 1 aliphatic rings. The number of fused-ring (bicyclic) bond motifs is 2. The van der Waals surface area contributed by atoms with Gasteiger partial charge < -0.3 is 4.98 Å². The molecule has 0 radical (unpaired) electrons. The van der Waals surface area contributed by atoms with E-state index in [1.807, 2.05) is 35.1 Å². The van der Waals surface area contributed by atoms with Crippen LogP contribution in [0.3, 0.4) is 0 Å². The fourth-order valence-corrected chi connectivity index (χ4v) is 5.62. The number of para-hydroxylation sites is 1. The molecule has 7 nitrogen and oxygen atoms in total. The van der Waals surface area contributed by atoms with Gasteiger partial charge in [0.1, 0.15) is 0 Å². The molecule has 0 saturated carbocycles. The molecule has 2 aromatic carbocycles. The number of hydrogen-bond acceptors (Lipinski definition) is 4. The van der Waals surface area contributed by atoms with Gasteiger partial charge in [0.15, 0.2) is 0 Å². The summed E-state index contributed by atoms with van der Waals surface area (Å²) < 4.78 is 31.1. The van der Waals surface area contributed by atoms with Crippen LogP contribution in [0.2, 0.25) is 0 Å². The number of sulfonamides is 1. The summed E-state index contributed by atoms with van der Waals surface area (Å²) in [5, 5.41) is 6.98. The summed E-state index contributed by atoms with van der Waals surface area (Å²) in [6, 6.07) is 15.2. The second-order valence-corrected chi connectivity index (χ2v) is 9.82. The molecular formula is C23H27N5O2S. The lowest BCUT2D eigenvalue weighted by atomic mass is 10.1. The Bertz CT molecular complexity index is 1320. The number of likely N-dealkylation sites (tertiary alicyclic amines) is 1. The number of hydrogen-bond donors (Lipinski definition) is 2. The lowest BCUT2D eigenvalue weighted by Crippen LogP contribution is -2.37. The Kier molecular flexibility index (Phi) is 5.29. The van der Waals surface area contributed by atoms with E-state index in [1.54, 1.807) is 12.1 Å². The van der Waals surface area contributed by atoms with Gasteiger partial charge >= 0.3 is 0 Å². The highest BCUT2D eigenvalue weighted by Gasteiger charge is 2.29. The lowest BCUT2D eigenvalue weighted by Gasteiger charge is -2.26. The predicted molar refractivity (Wildman–Crippen MR) is 122 cm³/mol. The van der Waals surface area contributed by atoms with E-state index < -0.39 is 10.0 Å². The second-order valence-electron chi connectivity index (χ2n) is 8.06. The molecule has 1 unspecified atom stereocenters. The van der Waals surface area contributed by atoms with Crippen LogP contribution in [-0.4, -0.2) is 47.7 Å². The Labute approximate surface area is 182 Å². The summed E-state index contributed by atoms with van der Waals surface area (Å²) in [7, 11) is -3.65. The van der Waals surface area contributed by atoms with Crippen molar-refractivity contribution in [2.24, 2.45) is 0 Å². The van der Waals surface area contributed by atoms with Crippen LogP contribution in [0, 0.1) is 0 Å². The van der Waals surface area contributed by atoms with Crippen molar-refractivity contribution < 1.29 is 8.42 Å². The molecule has 3 heterocycles. The molecule has 1 saturated heterocycles. The second kappa shape index (κ2) is 8.11. The molecular weight excluding hydrogens is 410 g/mol. The number of H-pyrrole nitrogens is 1. The maximum atomic E-state index is 13.1. The van der Waals surface area contributed by atoms with Gasteiger partial charge in [0.25, 0.3) is 0 Å². The standard InChI is InChI=1S/C23H27N5O2S/c1-2-28-21-8-4-3-7-19(21)23(26-28)22(27-13-5-6-14-27)16-25-31(29,30)18-10-9-17-11-12-24-20(17)15-18/h3-4,7-12,15,22,24-25H,2,5-6,13-14,16H2,1H3. The van der Waals surface area contributed by atoms with Gasteiger partial charge in [-0.15, -0.1) is 0 Å². The summed E-state index contributed by atoms with van der Waals surface area (Å²) in [6.45, 7) is 5.04. The predicted octanol–water partition coefficient (Wildman–Crippen LogP) is 3.65. The highest BCUT2D eigenvalue weighted by Crippen LogP contribution is 2.30. The third-order valence-electron chi connectivity index (χ3n) is 6.19. The Morgan fingerprint density at radius 1 is 1.13 bits per heavy atom. The Morgan fingerprint density at radius 2 is 1.94 bits per heavy atom. The monoisotopic (exact) mass is 437 g/mol. The molecule has 1 aliphatic heterocycles. The van der Waals surface area contributed by atoms with Crippen LogP contribution >= 0.6 is 0 Å². The number of nitrogens with zero attached hydrogens (tertiary/aromatic N) is 3. The average Bonchev–Trinajstić information content (AvgIpc) is 3.53. The number of benzene rings is 2. The first-order valence-electron chi connectivity index (χ1n) is 10.8. The van der Waals surface area contributed by atoms with Crippen molar-refractivity contribution in [2.45, 2.75) is 37.2 Å². The Hall–Kier alpha value is -2.68. The molecule has 5 rings (SSSR count). The fourth-order valence-electron chi connectivity index (χ4n) is 4.56. The third kappa shape index (κ3) is 3.75. The largest absolute Gasteiger partial charge is 0.361 e. The van der Waals surface area contributed by atoms with Crippen LogP contribution in [0.5, 0.6) is 0 Å². The van der Waals surface area contributed by atoms with Crippen LogP contribution < -0.4 is 4.72 Å². The zero-order chi connectivity index (χ0) is 21.4. The first kappa shape index (κ1) is 20.2. The highest BCUT2D eigenvalue weighted by molar-refractivity contribution is 7.89. The van der Waals surface area contributed by atoms with Crippen molar-refractivity contribution >= 4 is 31.8 Å². The molecule has 8 heteroatoms. The first-order chi connectivity index (χ1) is 15.1. The van der Waals surface area contributed by atoms with Crippen LogP contribution in [0.15, 0.2) is 59.6 Å². The summed E-state index contributed by atoms with van der Waals surface area (Å²) >= 11 is 0. The molecule has 0 aliphatic carbocycles. The number of nitrogens with one attached hydrogen (secondary N) is 2. The molecule has 31 heavy (non-hydrogen) atoms. The molecule has 4 aromatic rings. The summed E-state index contributed by atoms with van der Waals surface area (Å²) in [5.41, 5.74) is 2.85. The Balaban J connectivity index is 1.47. The fraction of sp³-hybridized carbons (Fsp3) is 0.348. The van der Waals surface area contributed by atoms with Crippen LogP contribution in [0.4, 0.5) is 0 Å². The van der Waals surface area contributed by atoms with Gasteiger partial charge in [-0.2, -0.15) is 5.10 Å². The van der Waals surface area contributed by atoms with E-state index in [4.69, 9.17) is 5.10 Å². The average molecular weight is 438 g/mol. The van der Waals surface area contributed by atoms with Gasteiger partial charge in [0.05, 0.1) is 22.1 Å². The maximum Gasteiger partial charge on any atom is 0.240 e. The topological polar surface area (TPSA) is 83.0 Å². The van der Waals surface area contributed by atoms with E-state index in [0.29, 0.717) is 0 Å². The minimum Gasteiger partial charge on any atom is -0.361 e. The van der Waals surface area contributed by atoms with Gasteiger partial charge in [-0.25, -0.2) is 13.1 Å². The van der Waals surface area contributed by atoms with Crippen LogP contribution in [0.1, 0.15) is 31.5 Å². The zero-order valence-corrected chi connectivity index (χ0v) is 18.4. The quantitative estimate of drug-likeness (QED) is 0.462. The molecule has 2 aromatic heterocycles. The van der Waals surface area contributed by atoms with E-state index in [2.05, 4.69) is 33.7 Å². The van der Waals surface area contributed by atoms with E-state index >= 15 is 0 Å². The molecule has 1 fully saturated rings. The molecule has 162 valence electrons. The van der Waals surface area contributed by atoms with E-state index in [9.17, 15) is 8.42 Å². The first-order valence-corrected chi connectivity index (χ1v) is 12.3. The summed E-state index contributed by atoms with van der Waals surface area (Å²) in [5.74, 6) is 0. The number of rotatable bonds is 7. The number of aromatic amines is 1. The normalized spacial score (nSPS) is 16.4. The number of aryl methyl sites for hydroxylation is 1. The zero-order valence-electron chi connectivity index (χ0n) is 17.6. The van der Waals surface area contributed by atoms with Crippen molar-refractivity contribution in [3.05, 3.63) is 60.4 Å². The van der Waals surface area contributed by atoms with Gasteiger partial charge in [-0.05, 0) is 62.5 Å². The van der Waals surface area contributed by atoms with Gasteiger partial charge in [0.2, 0.25) is 10.0 Å². The van der Waals surface area contributed by atoms with E-state index in [-0.39, 0.29) is 17.5 Å². The van der Waals surface area contributed by atoms with Crippen molar-refractivity contribution in [1.82, 2.24) is 24.4 Å². The third-order valence-corrected chi connectivity index (χ3v) is 7.61. The van der Waals surface area contributed by atoms with Crippen LogP contribution in [-0.2, 0) is 16.6 Å². The molecule has 2 N–H and O–H groups in total. The minimum absolute atomic E-state index is 0.107. The van der Waals surface area contributed by atoms with Crippen molar-refractivity contribution in [3.8, 4) is 0 Å². The van der Waals surface area contributed by atoms with Crippen LogP contribution in [0.25, 0.3) is 21.8 Å². The lowest BCUT2D eigenvalue weighted by molar-refractivity contribution is 0.242. The summed E-state index contributed by atoms with van der Waals surface area (Å²) in [6.07, 6.45) is 4.06. The van der Waals surface area contributed by atoms with Gasteiger partial charge in [-0.1, -0.05) is 24.3 Å². The SMILES string of the molecule is CCn1nc(C(CNS(=O)(=O)c2ccc3cc[nH]c3c2)N2CCCC2)c2ccccc21. The van der Waals surface area contributed by atoms with E-state index in [0.717, 1.165) is 60.0 Å². The molecule has 0 spiro atoms. The number of aromatic nitrogens is 3. The van der Waals surface area contributed by atoms with Crippen molar-refractivity contribution in [1.29, 1.82) is 0 Å². The van der Waals surface area contributed by atoms with Crippen molar-refractivity contribution in [3.63, 3.8) is 0 Å². The van der Waals surface area contributed by atoms with Gasteiger partial charge in [-0.3, -0.25) is 9.58 Å². The molecule has 1 atom stereocenters. The molecule has 0 bridgehead atoms. The van der Waals surface area contributed by atoms with E-state index in [1.165, 1.54) is 0 Å².